The standard InChI is InChI=1S/C16H21NO2/c18-15(19)10-14-11-16(14)6-8-17(9-7-16)12-13-4-2-1-3-5-13/h1-5,14H,6-12H2,(H,18,19). The Hall–Kier alpha value is -1.35. The molecule has 3 nitrogen and oxygen atoms in total. The van der Waals surface area contributed by atoms with Crippen molar-refractivity contribution in [2.45, 2.75) is 32.2 Å². The van der Waals surface area contributed by atoms with Crippen LogP contribution in [0, 0.1) is 11.3 Å². The third kappa shape index (κ3) is 2.81. The van der Waals surface area contributed by atoms with Gasteiger partial charge in [0.15, 0.2) is 0 Å². The lowest BCUT2D eigenvalue weighted by molar-refractivity contribution is -0.137. The number of carboxylic acids is 1. The van der Waals surface area contributed by atoms with Crippen LogP contribution in [0.25, 0.3) is 0 Å². The molecule has 1 unspecified atom stereocenters. The molecule has 1 heterocycles. The predicted octanol–water partition coefficient (Wildman–Crippen LogP) is 2.76. The van der Waals surface area contributed by atoms with Crippen LogP contribution in [-0.4, -0.2) is 29.1 Å². The van der Waals surface area contributed by atoms with E-state index in [1.807, 2.05) is 0 Å². The third-order valence-corrected chi connectivity index (χ3v) is 4.88. The summed E-state index contributed by atoms with van der Waals surface area (Å²) in [4.78, 5) is 13.3. The van der Waals surface area contributed by atoms with Crippen molar-refractivity contribution in [2.24, 2.45) is 11.3 Å². The highest BCUT2D eigenvalue weighted by molar-refractivity contribution is 5.67. The fraction of sp³-hybridized carbons (Fsp3) is 0.562. The number of hydrogen-bond donors (Lipinski definition) is 1. The van der Waals surface area contributed by atoms with Crippen LogP contribution >= 0.6 is 0 Å². The van der Waals surface area contributed by atoms with Gasteiger partial charge in [-0.2, -0.15) is 0 Å². The Morgan fingerprint density at radius 1 is 1.26 bits per heavy atom. The van der Waals surface area contributed by atoms with E-state index in [0.29, 0.717) is 17.8 Å². The van der Waals surface area contributed by atoms with Crippen LogP contribution in [0.5, 0.6) is 0 Å². The number of nitrogens with zero attached hydrogens (tertiary/aromatic N) is 1. The van der Waals surface area contributed by atoms with Gasteiger partial charge in [0.05, 0.1) is 0 Å². The average Bonchev–Trinajstić information content (AvgIpc) is 3.05. The molecule has 0 aromatic heterocycles. The summed E-state index contributed by atoms with van der Waals surface area (Å²) in [7, 11) is 0. The summed E-state index contributed by atoms with van der Waals surface area (Å²) >= 11 is 0. The number of piperidine rings is 1. The van der Waals surface area contributed by atoms with Gasteiger partial charge in [-0.3, -0.25) is 9.69 Å². The molecular formula is C16H21NO2. The Morgan fingerprint density at radius 2 is 1.95 bits per heavy atom. The average molecular weight is 259 g/mol. The Bertz CT molecular complexity index is 449. The summed E-state index contributed by atoms with van der Waals surface area (Å²) in [6.07, 6.45) is 3.87. The highest BCUT2D eigenvalue weighted by atomic mass is 16.4. The molecule has 0 radical (unpaired) electrons. The predicted molar refractivity (Wildman–Crippen MR) is 73.7 cm³/mol. The Kier molecular flexibility index (Phi) is 3.31. The second-order valence-corrected chi connectivity index (χ2v) is 6.12. The molecule has 1 aromatic rings. The SMILES string of the molecule is O=C(O)CC1CC12CCN(Cc1ccccc1)CC2. The minimum absolute atomic E-state index is 0.374. The molecule has 1 aliphatic heterocycles. The van der Waals surface area contributed by atoms with Crippen LogP contribution in [-0.2, 0) is 11.3 Å². The fourth-order valence-electron chi connectivity index (χ4n) is 3.54. The fourth-order valence-corrected chi connectivity index (χ4v) is 3.54. The first-order chi connectivity index (χ1) is 9.18. The topological polar surface area (TPSA) is 40.5 Å². The van der Waals surface area contributed by atoms with Crippen LogP contribution in [0.3, 0.4) is 0 Å². The van der Waals surface area contributed by atoms with Crippen molar-refractivity contribution in [2.75, 3.05) is 13.1 Å². The van der Waals surface area contributed by atoms with Crippen molar-refractivity contribution in [3.8, 4) is 0 Å². The van der Waals surface area contributed by atoms with E-state index < -0.39 is 5.97 Å². The summed E-state index contributed by atoms with van der Waals surface area (Å²) < 4.78 is 0. The smallest absolute Gasteiger partial charge is 0.303 e. The molecule has 1 saturated carbocycles. The minimum Gasteiger partial charge on any atom is -0.481 e. The lowest BCUT2D eigenvalue weighted by Gasteiger charge is -2.33. The van der Waals surface area contributed by atoms with Gasteiger partial charge in [0.1, 0.15) is 0 Å². The molecule has 19 heavy (non-hydrogen) atoms. The minimum atomic E-state index is -0.631. The van der Waals surface area contributed by atoms with E-state index in [4.69, 9.17) is 5.11 Å². The van der Waals surface area contributed by atoms with Gasteiger partial charge >= 0.3 is 5.97 Å². The van der Waals surface area contributed by atoms with E-state index in [2.05, 4.69) is 35.2 Å². The molecule has 1 N–H and O–H groups in total. The maximum absolute atomic E-state index is 10.8. The quantitative estimate of drug-likeness (QED) is 0.904. The molecule has 3 heteroatoms. The van der Waals surface area contributed by atoms with Crippen LogP contribution in [0.15, 0.2) is 30.3 Å². The van der Waals surface area contributed by atoms with Crippen molar-refractivity contribution in [3.05, 3.63) is 35.9 Å². The van der Waals surface area contributed by atoms with E-state index in [1.54, 1.807) is 0 Å². The molecule has 0 bridgehead atoms. The number of carbonyl (C=O) groups is 1. The number of likely N-dealkylation sites (tertiary alicyclic amines) is 1. The largest absolute Gasteiger partial charge is 0.481 e. The van der Waals surface area contributed by atoms with Gasteiger partial charge in [-0.15, -0.1) is 0 Å². The van der Waals surface area contributed by atoms with E-state index in [-0.39, 0.29) is 0 Å². The third-order valence-electron chi connectivity index (χ3n) is 4.88. The molecule has 1 aromatic carbocycles. The zero-order valence-corrected chi connectivity index (χ0v) is 11.2. The van der Waals surface area contributed by atoms with Gasteiger partial charge in [0.2, 0.25) is 0 Å². The zero-order chi connectivity index (χ0) is 13.3. The van der Waals surface area contributed by atoms with E-state index in [9.17, 15) is 4.79 Å². The number of benzene rings is 1. The van der Waals surface area contributed by atoms with Crippen LogP contribution in [0.1, 0.15) is 31.2 Å². The van der Waals surface area contributed by atoms with Gasteiger partial charge in [-0.1, -0.05) is 30.3 Å². The van der Waals surface area contributed by atoms with Gasteiger partial charge in [0.25, 0.3) is 0 Å². The van der Waals surface area contributed by atoms with Gasteiger partial charge in [-0.05, 0) is 49.2 Å². The molecule has 1 atom stereocenters. The van der Waals surface area contributed by atoms with Crippen molar-refractivity contribution < 1.29 is 9.90 Å². The van der Waals surface area contributed by atoms with Crippen LogP contribution < -0.4 is 0 Å². The molecule has 0 amide bonds. The molecular weight excluding hydrogens is 238 g/mol. The van der Waals surface area contributed by atoms with Gasteiger partial charge < -0.3 is 5.11 Å². The van der Waals surface area contributed by atoms with Crippen molar-refractivity contribution in [1.29, 1.82) is 0 Å². The van der Waals surface area contributed by atoms with Crippen LogP contribution in [0.4, 0.5) is 0 Å². The second-order valence-electron chi connectivity index (χ2n) is 6.12. The van der Waals surface area contributed by atoms with E-state index in [0.717, 1.165) is 26.1 Å². The first kappa shape index (κ1) is 12.7. The molecule has 2 fully saturated rings. The Labute approximate surface area is 114 Å². The number of carboxylic acid groups (broad SMARTS) is 1. The Morgan fingerprint density at radius 3 is 2.58 bits per heavy atom. The van der Waals surface area contributed by atoms with Gasteiger partial charge in [-0.25, -0.2) is 0 Å². The summed E-state index contributed by atoms with van der Waals surface area (Å²) in [5, 5.41) is 8.87. The molecule has 1 aliphatic carbocycles. The molecule has 102 valence electrons. The number of hydrogen-bond acceptors (Lipinski definition) is 2. The molecule has 2 aliphatic rings. The zero-order valence-electron chi connectivity index (χ0n) is 11.2. The first-order valence-corrected chi connectivity index (χ1v) is 7.16. The highest BCUT2D eigenvalue weighted by Gasteiger charge is 2.54. The number of rotatable bonds is 4. The first-order valence-electron chi connectivity index (χ1n) is 7.16. The highest BCUT2D eigenvalue weighted by Crippen LogP contribution is 2.60. The molecule has 3 rings (SSSR count). The maximum Gasteiger partial charge on any atom is 0.303 e. The van der Waals surface area contributed by atoms with E-state index in [1.165, 1.54) is 18.4 Å². The second kappa shape index (κ2) is 4.97. The summed E-state index contributed by atoms with van der Waals surface area (Å²) in [6.45, 7) is 3.26. The lowest BCUT2D eigenvalue weighted by atomic mass is 9.90. The van der Waals surface area contributed by atoms with Gasteiger partial charge in [0, 0.05) is 13.0 Å². The lowest BCUT2D eigenvalue weighted by Crippen LogP contribution is -2.34. The molecule has 1 spiro atoms. The summed E-state index contributed by atoms with van der Waals surface area (Å²) in [5.74, 6) is -0.183. The van der Waals surface area contributed by atoms with Crippen molar-refractivity contribution in [1.82, 2.24) is 4.90 Å². The van der Waals surface area contributed by atoms with Crippen molar-refractivity contribution in [3.63, 3.8) is 0 Å². The molecule has 1 saturated heterocycles. The number of aliphatic carboxylic acids is 1. The van der Waals surface area contributed by atoms with E-state index >= 15 is 0 Å². The summed E-state index contributed by atoms with van der Waals surface area (Å²) in [5.41, 5.74) is 1.75. The van der Waals surface area contributed by atoms with Crippen LogP contribution in [0.2, 0.25) is 0 Å². The maximum atomic E-state index is 10.8. The Balaban J connectivity index is 1.50. The normalized spacial score (nSPS) is 25.4. The monoisotopic (exact) mass is 259 g/mol. The van der Waals surface area contributed by atoms with Crippen molar-refractivity contribution >= 4 is 5.97 Å². The summed E-state index contributed by atoms with van der Waals surface area (Å²) in [6, 6.07) is 10.6.